The zero-order chi connectivity index (χ0) is 19.8. The van der Waals surface area contributed by atoms with Crippen LogP contribution in [0.25, 0.3) is 0 Å². The van der Waals surface area contributed by atoms with Crippen molar-refractivity contribution in [3.63, 3.8) is 0 Å². The van der Waals surface area contributed by atoms with Gasteiger partial charge in [-0.15, -0.1) is 0 Å². The second kappa shape index (κ2) is 7.33. The zero-order valence-electron chi connectivity index (χ0n) is 15.5. The molecule has 5 nitrogen and oxygen atoms in total. The number of ketones is 1. The third-order valence-corrected chi connectivity index (χ3v) is 4.70. The lowest BCUT2D eigenvalue weighted by atomic mass is 9.90. The predicted molar refractivity (Wildman–Crippen MR) is 104 cm³/mol. The number of rotatable bonds is 6. The van der Waals surface area contributed by atoms with Crippen molar-refractivity contribution in [2.24, 2.45) is 0 Å². The van der Waals surface area contributed by atoms with Crippen LogP contribution in [0.3, 0.4) is 0 Å². The number of halogens is 1. The number of aliphatic hydroxyl groups is 1. The summed E-state index contributed by atoms with van der Waals surface area (Å²) in [7, 11) is 0. The molecule has 3 rings (SSSR count). The number of anilines is 1. The molecule has 0 aromatic heterocycles. The quantitative estimate of drug-likeness (QED) is 0.817. The van der Waals surface area contributed by atoms with E-state index < -0.39 is 11.5 Å². The van der Waals surface area contributed by atoms with Crippen molar-refractivity contribution in [2.45, 2.75) is 45.4 Å². The summed E-state index contributed by atoms with van der Waals surface area (Å²) in [4.78, 5) is 26.3. The summed E-state index contributed by atoms with van der Waals surface area (Å²) in [5.41, 5.74) is -0.183. The summed E-state index contributed by atoms with van der Waals surface area (Å²) in [5, 5.41) is 11.5. The third kappa shape index (κ3) is 3.70. The number of benzene rings is 2. The maximum atomic E-state index is 13.1. The van der Waals surface area contributed by atoms with Crippen molar-refractivity contribution < 1.29 is 19.4 Å². The number of Topliss-reactive ketones (excluding diaryl/α,β-unsaturated/α-hetero) is 1. The molecule has 1 atom stereocenters. The number of hydrogen-bond acceptors (Lipinski definition) is 4. The van der Waals surface area contributed by atoms with Crippen LogP contribution in [0.15, 0.2) is 42.5 Å². The minimum absolute atomic E-state index is 0.0128. The normalized spacial score (nSPS) is 18.7. The van der Waals surface area contributed by atoms with Crippen LogP contribution in [-0.2, 0) is 21.7 Å². The second-order valence-corrected chi connectivity index (χ2v) is 7.50. The van der Waals surface area contributed by atoms with E-state index >= 15 is 0 Å². The number of carbonyl (C=O) groups excluding carboxylic acids is 2. The maximum Gasteiger partial charge on any atom is 0.264 e. The molecule has 6 heteroatoms. The molecule has 1 N–H and O–H groups in total. The Morgan fingerprint density at radius 2 is 1.96 bits per heavy atom. The zero-order valence-corrected chi connectivity index (χ0v) is 16.3. The van der Waals surface area contributed by atoms with Crippen molar-refractivity contribution in [2.75, 3.05) is 4.90 Å². The summed E-state index contributed by atoms with van der Waals surface area (Å²) >= 11 is 6.08. The summed E-state index contributed by atoms with van der Waals surface area (Å²) in [6.45, 7) is 5.43. The maximum absolute atomic E-state index is 13.1. The molecule has 1 heterocycles. The van der Waals surface area contributed by atoms with E-state index in [1.165, 1.54) is 11.8 Å². The fraction of sp³-hybridized carbons (Fsp3) is 0.333. The average molecular weight is 388 g/mol. The first-order valence-electron chi connectivity index (χ1n) is 8.80. The van der Waals surface area contributed by atoms with Gasteiger partial charge in [-0.05, 0) is 45.0 Å². The van der Waals surface area contributed by atoms with Gasteiger partial charge in [-0.2, -0.15) is 0 Å². The predicted octanol–water partition coefficient (Wildman–Crippen LogP) is 3.84. The van der Waals surface area contributed by atoms with Gasteiger partial charge in [0.2, 0.25) is 0 Å². The van der Waals surface area contributed by atoms with E-state index in [4.69, 9.17) is 16.3 Å². The number of carbonyl (C=O) groups is 2. The molecule has 0 saturated heterocycles. The molecular formula is C21H22ClNO4. The van der Waals surface area contributed by atoms with Crippen molar-refractivity contribution >= 4 is 29.0 Å². The van der Waals surface area contributed by atoms with Gasteiger partial charge in [0.05, 0.1) is 18.3 Å². The summed E-state index contributed by atoms with van der Waals surface area (Å²) in [6, 6.07) is 12.4. The minimum atomic E-state index is -1.90. The summed E-state index contributed by atoms with van der Waals surface area (Å²) < 4.78 is 5.84. The number of fused-ring (bicyclic) bond motifs is 1. The minimum Gasteiger partial charge on any atom is -0.491 e. The molecule has 2 aromatic rings. The second-order valence-electron chi connectivity index (χ2n) is 7.07. The molecule has 0 radical (unpaired) electrons. The van der Waals surface area contributed by atoms with Crippen LogP contribution >= 0.6 is 11.6 Å². The molecular weight excluding hydrogens is 366 g/mol. The molecule has 0 aliphatic carbocycles. The Balaban J connectivity index is 2.03. The fourth-order valence-electron chi connectivity index (χ4n) is 3.38. The van der Waals surface area contributed by atoms with Gasteiger partial charge >= 0.3 is 0 Å². The lowest BCUT2D eigenvalue weighted by Crippen LogP contribution is -2.41. The van der Waals surface area contributed by atoms with Crippen molar-refractivity contribution in [3.8, 4) is 5.75 Å². The smallest absolute Gasteiger partial charge is 0.264 e. The molecule has 0 saturated carbocycles. The highest BCUT2D eigenvalue weighted by Gasteiger charge is 2.50. The van der Waals surface area contributed by atoms with E-state index in [9.17, 15) is 14.7 Å². The number of ether oxygens (including phenoxy) is 1. The Labute approximate surface area is 163 Å². The Morgan fingerprint density at radius 1 is 1.26 bits per heavy atom. The molecule has 1 aliphatic heterocycles. The van der Waals surface area contributed by atoms with E-state index in [1.54, 1.807) is 18.2 Å². The van der Waals surface area contributed by atoms with Crippen LogP contribution in [-0.4, -0.2) is 22.9 Å². The average Bonchev–Trinajstić information content (AvgIpc) is 2.77. The molecule has 0 unspecified atom stereocenters. The van der Waals surface area contributed by atoms with Crippen molar-refractivity contribution in [1.29, 1.82) is 0 Å². The van der Waals surface area contributed by atoms with E-state index in [2.05, 4.69) is 0 Å². The lowest BCUT2D eigenvalue weighted by Gasteiger charge is -2.23. The third-order valence-electron chi connectivity index (χ3n) is 4.46. The molecule has 142 valence electrons. The van der Waals surface area contributed by atoms with Gasteiger partial charge in [0.1, 0.15) is 11.5 Å². The highest BCUT2D eigenvalue weighted by Crippen LogP contribution is 2.44. The van der Waals surface area contributed by atoms with Gasteiger partial charge in [-0.1, -0.05) is 29.8 Å². The van der Waals surface area contributed by atoms with Gasteiger partial charge in [0.15, 0.2) is 5.60 Å². The number of para-hydroxylation sites is 1. The van der Waals surface area contributed by atoms with E-state index in [-0.39, 0.29) is 24.9 Å². The summed E-state index contributed by atoms with van der Waals surface area (Å²) in [5.74, 6) is -0.130. The summed E-state index contributed by atoms with van der Waals surface area (Å²) in [6.07, 6.45) is -0.305. The fourth-order valence-corrected chi connectivity index (χ4v) is 3.56. The first-order chi connectivity index (χ1) is 12.7. The van der Waals surface area contributed by atoms with Crippen LogP contribution < -0.4 is 9.64 Å². The highest BCUT2D eigenvalue weighted by molar-refractivity contribution is 6.31. The highest BCUT2D eigenvalue weighted by atomic mass is 35.5. The van der Waals surface area contributed by atoms with Crippen molar-refractivity contribution in [1.82, 2.24) is 0 Å². The van der Waals surface area contributed by atoms with Gasteiger partial charge in [0.25, 0.3) is 5.91 Å². The molecule has 0 spiro atoms. The van der Waals surface area contributed by atoms with Crippen LogP contribution in [0, 0.1) is 0 Å². The van der Waals surface area contributed by atoms with Gasteiger partial charge in [-0.3, -0.25) is 9.59 Å². The Hall–Kier alpha value is -2.37. The molecule has 27 heavy (non-hydrogen) atoms. The van der Waals surface area contributed by atoms with Crippen LogP contribution in [0.2, 0.25) is 5.02 Å². The monoisotopic (exact) mass is 387 g/mol. The molecule has 0 fully saturated rings. The molecule has 2 aromatic carbocycles. The Bertz CT molecular complexity index is 896. The molecule has 1 amide bonds. The Morgan fingerprint density at radius 3 is 2.63 bits per heavy atom. The van der Waals surface area contributed by atoms with Crippen LogP contribution in [0.5, 0.6) is 5.75 Å². The largest absolute Gasteiger partial charge is 0.491 e. The number of amides is 1. The molecule has 1 aliphatic rings. The van der Waals surface area contributed by atoms with Crippen LogP contribution in [0.4, 0.5) is 5.69 Å². The number of hydrogen-bond donors (Lipinski definition) is 1. The van der Waals surface area contributed by atoms with E-state index in [0.29, 0.717) is 22.0 Å². The van der Waals surface area contributed by atoms with Crippen molar-refractivity contribution in [3.05, 3.63) is 58.6 Å². The SMILES string of the molecule is CC(=O)C[C@]1(O)C(=O)N(Cc2ccccc2OC(C)C)c2ccc(Cl)cc21. The standard InChI is InChI=1S/C21H22ClNO4/c1-13(2)27-19-7-5-4-6-15(19)12-23-18-9-8-16(22)10-17(18)21(26,20(23)25)11-14(3)24/h4-10,13,26H,11-12H2,1-3H3/t21-/m1/s1. The van der Waals surface area contributed by atoms with Gasteiger partial charge in [0, 0.05) is 22.6 Å². The number of nitrogens with zero attached hydrogens (tertiary/aromatic N) is 1. The molecule has 0 bridgehead atoms. The first-order valence-corrected chi connectivity index (χ1v) is 9.18. The van der Waals surface area contributed by atoms with Crippen LogP contribution in [0.1, 0.15) is 38.3 Å². The van der Waals surface area contributed by atoms with E-state index in [1.807, 2.05) is 38.1 Å². The van der Waals surface area contributed by atoms with Gasteiger partial charge in [-0.25, -0.2) is 0 Å². The van der Waals surface area contributed by atoms with E-state index in [0.717, 1.165) is 5.56 Å². The van der Waals surface area contributed by atoms with Gasteiger partial charge < -0.3 is 14.7 Å². The Kier molecular flexibility index (Phi) is 5.27. The topological polar surface area (TPSA) is 66.8 Å². The lowest BCUT2D eigenvalue weighted by molar-refractivity contribution is -0.141. The first kappa shape index (κ1) is 19.4.